The average Bonchev–Trinajstić information content (AvgIpc) is 3.01. The minimum atomic E-state index is -1.55. The van der Waals surface area contributed by atoms with Crippen LogP contribution in [0.1, 0.15) is 65.7 Å². The lowest BCUT2D eigenvalue weighted by Crippen LogP contribution is -2.63. The fourth-order valence-corrected chi connectivity index (χ4v) is 7.77. The summed E-state index contributed by atoms with van der Waals surface area (Å²) in [5.41, 5.74) is -1.46. The van der Waals surface area contributed by atoms with E-state index in [1.54, 1.807) is 13.0 Å². The van der Waals surface area contributed by atoms with Gasteiger partial charge >= 0.3 is 12.1 Å². The molecule has 178 valence electrons. The summed E-state index contributed by atoms with van der Waals surface area (Å²) in [5, 5.41) is 11.5. The zero-order valence-corrected chi connectivity index (χ0v) is 19.8. The molecule has 0 amide bonds. The average molecular weight is 469 g/mol. The molecule has 0 spiro atoms. The van der Waals surface area contributed by atoms with Gasteiger partial charge in [0.15, 0.2) is 11.8 Å². The number of ketones is 1. The van der Waals surface area contributed by atoms with Crippen molar-refractivity contribution in [2.45, 2.75) is 77.4 Å². The first kappa shape index (κ1) is 23.6. The molecule has 0 unspecified atom stereocenters. The predicted molar refractivity (Wildman–Crippen MR) is 116 cm³/mol. The topological polar surface area (TPSA) is 99.1 Å². The second-order valence-corrected chi connectivity index (χ2v) is 10.5. The van der Waals surface area contributed by atoms with Gasteiger partial charge in [0, 0.05) is 11.8 Å². The number of aliphatic hydroxyl groups excluding tert-OH is 1. The van der Waals surface area contributed by atoms with E-state index in [2.05, 4.69) is 6.92 Å². The Kier molecular flexibility index (Phi) is 6.12. The third kappa shape index (κ3) is 3.30. The van der Waals surface area contributed by atoms with Gasteiger partial charge in [-0.3, -0.25) is 4.79 Å². The predicted octanol–water partition coefficient (Wildman–Crippen LogP) is 4.14. The lowest BCUT2D eigenvalue weighted by atomic mass is 9.45. The number of halogens is 1. The highest BCUT2D eigenvalue weighted by atomic mass is 35.5. The monoisotopic (exact) mass is 468 g/mol. The Morgan fingerprint density at radius 3 is 2.62 bits per heavy atom. The van der Waals surface area contributed by atoms with Crippen molar-refractivity contribution in [2.24, 2.45) is 28.6 Å². The molecule has 4 rings (SSSR count). The van der Waals surface area contributed by atoms with E-state index < -0.39 is 29.2 Å². The van der Waals surface area contributed by atoms with Crippen molar-refractivity contribution in [2.75, 3.05) is 12.7 Å². The van der Waals surface area contributed by atoms with E-state index in [0.29, 0.717) is 25.7 Å². The van der Waals surface area contributed by atoms with Crippen molar-refractivity contribution in [1.29, 1.82) is 0 Å². The van der Waals surface area contributed by atoms with Gasteiger partial charge in [0.1, 0.15) is 0 Å². The third-order valence-corrected chi connectivity index (χ3v) is 9.16. The summed E-state index contributed by atoms with van der Waals surface area (Å²) in [6.45, 7) is 5.89. The van der Waals surface area contributed by atoms with Gasteiger partial charge in [-0.1, -0.05) is 31.0 Å². The number of fused-ring (bicyclic) bond motifs is 5. The third-order valence-electron chi connectivity index (χ3n) is 9.05. The maximum absolute atomic E-state index is 13.2. The van der Waals surface area contributed by atoms with Crippen LogP contribution in [-0.2, 0) is 23.8 Å². The molecule has 7 atom stereocenters. The molecule has 4 aliphatic carbocycles. The maximum atomic E-state index is 13.2. The molecule has 32 heavy (non-hydrogen) atoms. The van der Waals surface area contributed by atoms with Gasteiger partial charge in [-0.15, -0.1) is 0 Å². The number of carbonyl (C=O) groups is 3. The van der Waals surface area contributed by atoms with E-state index in [1.165, 1.54) is 0 Å². The van der Waals surface area contributed by atoms with Gasteiger partial charge in [0.2, 0.25) is 5.60 Å². The number of allylic oxidation sites excluding steroid dienone is 1. The largest absolute Gasteiger partial charge is 0.509 e. The Bertz CT molecular complexity index is 840. The molecule has 0 radical (unpaired) electrons. The molecule has 1 N–H and O–H groups in total. The van der Waals surface area contributed by atoms with Crippen LogP contribution in [0.3, 0.4) is 0 Å². The fourth-order valence-electron chi connectivity index (χ4n) is 7.68. The lowest BCUT2D eigenvalue weighted by Gasteiger charge is -2.60. The van der Waals surface area contributed by atoms with Crippen LogP contribution in [0, 0.1) is 28.6 Å². The second-order valence-electron chi connectivity index (χ2n) is 10.3. The van der Waals surface area contributed by atoms with Crippen LogP contribution >= 0.6 is 11.6 Å². The van der Waals surface area contributed by atoms with E-state index in [1.807, 2.05) is 6.92 Å². The van der Waals surface area contributed by atoms with Crippen LogP contribution in [0.4, 0.5) is 4.79 Å². The highest BCUT2D eigenvalue weighted by Crippen LogP contribution is 2.68. The highest BCUT2D eigenvalue weighted by Gasteiger charge is 2.71. The number of aliphatic hydroxyl groups is 1. The summed E-state index contributed by atoms with van der Waals surface area (Å²) in [6, 6.07) is -0.345. The molecule has 0 bridgehead atoms. The highest BCUT2D eigenvalue weighted by molar-refractivity contribution is 6.17. The molecule has 7 nitrogen and oxygen atoms in total. The molecular formula is C24H33ClO7. The lowest BCUT2D eigenvalue weighted by molar-refractivity contribution is -0.202. The second kappa shape index (κ2) is 8.32. The first-order valence-electron chi connectivity index (χ1n) is 11.6. The first-order chi connectivity index (χ1) is 15.1. The minimum absolute atomic E-state index is 0.00360. The standard InChI is InChI=1S/C24H33ClO7/c1-4-30-21(29)32-24(20(28)31-13-25)10-8-17-16-6-5-14-11-15(26)7-9-22(14,2)19(16)18(27)12-23(17,24)3/h11,16-19,27H,4-10,12-13H2,1-3H3/t16-,17-,18-,19+,22-,23-,24-/m0/s1. The molecule has 0 aliphatic heterocycles. The number of carbonyl (C=O) groups excluding carboxylic acids is 3. The minimum Gasteiger partial charge on any atom is -0.446 e. The van der Waals surface area contributed by atoms with Gasteiger partial charge in [0.25, 0.3) is 0 Å². The maximum Gasteiger partial charge on any atom is 0.509 e. The molecule has 0 aromatic rings. The van der Waals surface area contributed by atoms with Crippen molar-refractivity contribution in [3.63, 3.8) is 0 Å². The zero-order chi connectivity index (χ0) is 23.3. The van der Waals surface area contributed by atoms with E-state index in [0.717, 1.165) is 24.8 Å². The van der Waals surface area contributed by atoms with Crippen LogP contribution in [0.15, 0.2) is 11.6 Å². The van der Waals surface area contributed by atoms with Gasteiger partial charge in [-0.2, -0.15) is 0 Å². The number of hydrogen-bond acceptors (Lipinski definition) is 7. The van der Waals surface area contributed by atoms with E-state index in [9.17, 15) is 19.5 Å². The van der Waals surface area contributed by atoms with Crippen LogP contribution in [-0.4, -0.2) is 47.4 Å². The zero-order valence-electron chi connectivity index (χ0n) is 19.0. The molecule has 3 fully saturated rings. The molecule has 0 aromatic carbocycles. The van der Waals surface area contributed by atoms with Crippen LogP contribution in [0.5, 0.6) is 0 Å². The summed E-state index contributed by atoms with van der Waals surface area (Å²) in [6.07, 6.45) is 4.32. The molecule has 0 saturated heterocycles. The smallest absolute Gasteiger partial charge is 0.446 e. The summed E-state index contributed by atoms with van der Waals surface area (Å²) in [5.74, 6) is -0.310. The molecule has 0 aromatic heterocycles. The molecule has 3 saturated carbocycles. The Morgan fingerprint density at radius 1 is 1.19 bits per heavy atom. The van der Waals surface area contributed by atoms with Crippen LogP contribution in [0.2, 0.25) is 0 Å². The molecular weight excluding hydrogens is 436 g/mol. The number of hydrogen-bond donors (Lipinski definition) is 1. The fraction of sp³-hybridized carbons (Fsp3) is 0.792. The molecule has 4 aliphatic rings. The van der Waals surface area contributed by atoms with Gasteiger partial charge in [0.05, 0.1) is 12.7 Å². The first-order valence-corrected chi connectivity index (χ1v) is 12.2. The Morgan fingerprint density at radius 2 is 1.94 bits per heavy atom. The number of alkyl halides is 1. The van der Waals surface area contributed by atoms with Crippen molar-refractivity contribution in [1.82, 2.24) is 0 Å². The van der Waals surface area contributed by atoms with Crippen LogP contribution in [0.25, 0.3) is 0 Å². The number of ether oxygens (including phenoxy) is 3. The van der Waals surface area contributed by atoms with Gasteiger partial charge in [-0.25, -0.2) is 9.59 Å². The molecule has 8 heteroatoms. The SMILES string of the molecule is CCOC(=O)O[C@]1(C(=O)OCCl)CC[C@H]2[C@@H]3CCC4=CC(=O)CC[C@]4(C)[C@H]3[C@@H](O)C[C@@]21C. The van der Waals surface area contributed by atoms with Gasteiger partial charge in [-0.05, 0) is 74.7 Å². The van der Waals surface area contributed by atoms with Gasteiger partial charge < -0.3 is 19.3 Å². The van der Waals surface area contributed by atoms with Crippen molar-refractivity contribution in [3.8, 4) is 0 Å². The van der Waals surface area contributed by atoms with E-state index in [-0.39, 0.29) is 41.6 Å². The Labute approximate surface area is 193 Å². The Hall–Kier alpha value is -1.60. The van der Waals surface area contributed by atoms with Crippen molar-refractivity contribution < 1.29 is 33.7 Å². The number of esters is 1. The summed E-state index contributed by atoms with van der Waals surface area (Å²) in [4.78, 5) is 37.6. The van der Waals surface area contributed by atoms with Crippen molar-refractivity contribution >= 4 is 29.5 Å². The normalized spacial score (nSPS) is 42.8. The van der Waals surface area contributed by atoms with E-state index in [4.69, 9.17) is 25.8 Å². The summed E-state index contributed by atoms with van der Waals surface area (Å²) in [7, 11) is 0. The van der Waals surface area contributed by atoms with E-state index >= 15 is 0 Å². The quantitative estimate of drug-likeness (QED) is 0.489. The Balaban J connectivity index is 1.72. The molecule has 0 heterocycles. The summed E-state index contributed by atoms with van der Waals surface area (Å²) >= 11 is 5.70. The number of rotatable bonds is 4. The summed E-state index contributed by atoms with van der Waals surface area (Å²) < 4.78 is 15.9. The van der Waals surface area contributed by atoms with Crippen molar-refractivity contribution in [3.05, 3.63) is 11.6 Å². The van der Waals surface area contributed by atoms with Crippen LogP contribution < -0.4 is 0 Å².